The lowest BCUT2D eigenvalue weighted by molar-refractivity contribution is 0.00578. The molecule has 0 radical (unpaired) electrons. The topological polar surface area (TPSA) is 23.4 Å². The number of aromatic nitrogens is 1. The summed E-state index contributed by atoms with van der Waals surface area (Å²) in [5, 5.41) is 2.38. The van der Waals surface area contributed by atoms with Crippen LogP contribution >= 0.6 is 0 Å². The predicted octanol–water partition coefficient (Wildman–Crippen LogP) is 9.06. The highest BCUT2D eigenvalue weighted by molar-refractivity contribution is 6.66. The first-order valence-electron chi connectivity index (χ1n) is 15.3. The van der Waals surface area contributed by atoms with E-state index in [4.69, 9.17) is 9.31 Å². The number of fused-ring (bicyclic) bond motifs is 6. The Kier molecular flexibility index (Phi) is 5.52. The number of benzene rings is 5. The van der Waals surface area contributed by atoms with Crippen molar-refractivity contribution in [3.05, 3.63) is 120 Å². The lowest BCUT2D eigenvalue weighted by Gasteiger charge is -2.32. The van der Waals surface area contributed by atoms with Crippen molar-refractivity contribution >= 4 is 34.4 Å². The fourth-order valence-corrected chi connectivity index (χ4v) is 7.18. The van der Waals surface area contributed by atoms with Crippen molar-refractivity contribution in [2.75, 3.05) is 0 Å². The van der Waals surface area contributed by atoms with Crippen LogP contribution in [-0.4, -0.2) is 22.9 Å². The Morgan fingerprint density at radius 2 is 1.21 bits per heavy atom. The van der Waals surface area contributed by atoms with Crippen molar-refractivity contribution in [1.82, 2.24) is 4.57 Å². The van der Waals surface area contributed by atoms with Crippen LogP contribution in [0.25, 0.3) is 49.7 Å². The zero-order chi connectivity index (χ0) is 29.7. The molecule has 0 bridgehead atoms. The SMILES string of the molecule is CC1(C)c2ccccc2-c2ccc(-c3ccc4c(c3)c3c(B5OC(C)(C)C(C)(C)O5)cccc3n4-c3ccccc3)cc21. The lowest BCUT2D eigenvalue weighted by Crippen LogP contribution is -2.41. The Morgan fingerprint density at radius 3 is 1.98 bits per heavy atom. The summed E-state index contributed by atoms with van der Waals surface area (Å²) in [6.45, 7) is 13.2. The van der Waals surface area contributed by atoms with E-state index in [2.05, 4.69) is 155 Å². The maximum Gasteiger partial charge on any atom is 0.495 e. The van der Waals surface area contributed by atoms with Gasteiger partial charge in [0.25, 0.3) is 0 Å². The third kappa shape index (κ3) is 3.76. The molecule has 3 nitrogen and oxygen atoms in total. The molecule has 0 amide bonds. The first kappa shape index (κ1) is 26.5. The molecule has 0 N–H and O–H groups in total. The van der Waals surface area contributed by atoms with Gasteiger partial charge in [0.2, 0.25) is 0 Å². The molecule has 1 fully saturated rings. The normalized spacial score (nSPS) is 17.9. The molecular weight excluding hydrogens is 525 g/mol. The van der Waals surface area contributed by atoms with Crippen LogP contribution in [0.4, 0.5) is 0 Å². The molecule has 1 aromatic heterocycles. The molecule has 212 valence electrons. The predicted molar refractivity (Wildman–Crippen MR) is 179 cm³/mol. The summed E-state index contributed by atoms with van der Waals surface area (Å²) in [6, 6.07) is 39.9. The Balaban J connectivity index is 1.36. The third-order valence-corrected chi connectivity index (χ3v) is 10.3. The van der Waals surface area contributed by atoms with Gasteiger partial charge in [-0.3, -0.25) is 0 Å². The Morgan fingerprint density at radius 1 is 0.558 bits per heavy atom. The highest BCUT2D eigenvalue weighted by Crippen LogP contribution is 2.49. The highest BCUT2D eigenvalue weighted by atomic mass is 16.7. The third-order valence-electron chi connectivity index (χ3n) is 10.3. The van der Waals surface area contributed by atoms with Crippen LogP contribution < -0.4 is 5.46 Å². The van der Waals surface area contributed by atoms with E-state index in [1.165, 1.54) is 49.7 Å². The van der Waals surface area contributed by atoms with E-state index in [0.717, 1.165) is 16.7 Å². The van der Waals surface area contributed by atoms with Gasteiger partial charge >= 0.3 is 7.12 Å². The highest BCUT2D eigenvalue weighted by Gasteiger charge is 2.52. The van der Waals surface area contributed by atoms with Crippen molar-refractivity contribution in [2.24, 2.45) is 0 Å². The van der Waals surface area contributed by atoms with Gasteiger partial charge in [0.1, 0.15) is 0 Å². The minimum atomic E-state index is -0.452. The molecule has 0 saturated carbocycles. The van der Waals surface area contributed by atoms with Crippen molar-refractivity contribution < 1.29 is 9.31 Å². The molecular formula is C39H36BNO2. The van der Waals surface area contributed by atoms with Gasteiger partial charge in [-0.25, -0.2) is 0 Å². The zero-order valence-corrected chi connectivity index (χ0v) is 25.7. The van der Waals surface area contributed by atoms with E-state index in [0.29, 0.717) is 0 Å². The Bertz CT molecular complexity index is 2050. The quantitative estimate of drug-likeness (QED) is 0.201. The van der Waals surface area contributed by atoms with Crippen LogP contribution in [0.1, 0.15) is 52.7 Å². The smallest absolute Gasteiger partial charge is 0.399 e. The van der Waals surface area contributed by atoms with Crippen molar-refractivity contribution in [3.63, 3.8) is 0 Å². The summed E-state index contributed by atoms with van der Waals surface area (Å²) in [4.78, 5) is 0. The van der Waals surface area contributed by atoms with Crippen LogP contribution in [0.15, 0.2) is 109 Å². The van der Waals surface area contributed by atoms with Crippen LogP contribution in [-0.2, 0) is 14.7 Å². The lowest BCUT2D eigenvalue weighted by atomic mass is 9.76. The van der Waals surface area contributed by atoms with E-state index in [9.17, 15) is 0 Å². The van der Waals surface area contributed by atoms with Crippen LogP contribution in [0.5, 0.6) is 0 Å². The van der Waals surface area contributed by atoms with E-state index in [-0.39, 0.29) is 5.41 Å². The Hall–Kier alpha value is -4.12. The maximum absolute atomic E-state index is 6.61. The van der Waals surface area contributed by atoms with E-state index in [1.54, 1.807) is 0 Å². The number of para-hydroxylation sites is 1. The maximum atomic E-state index is 6.61. The molecule has 8 rings (SSSR count). The van der Waals surface area contributed by atoms with Crippen molar-refractivity contribution in [3.8, 4) is 27.9 Å². The second-order valence-electron chi connectivity index (χ2n) is 13.7. The summed E-state index contributed by atoms with van der Waals surface area (Å²) in [6.07, 6.45) is 0. The first-order chi connectivity index (χ1) is 20.6. The van der Waals surface area contributed by atoms with Crippen LogP contribution in [0, 0.1) is 0 Å². The standard InChI is InChI=1S/C39H36BNO2/c1-37(2)31-16-11-10-15-28(31)29-21-19-26(24-32(29)37)25-20-22-34-30(23-25)36-33(40-42-38(3,4)39(5,6)43-40)17-12-18-35(36)41(34)27-13-8-7-9-14-27/h7-24H,1-6H3. The number of nitrogens with zero attached hydrogens (tertiary/aromatic N) is 1. The average Bonchev–Trinajstić information content (AvgIpc) is 3.54. The van der Waals surface area contributed by atoms with Gasteiger partial charge in [0.05, 0.1) is 22.2 Å². The number of hydrogen-bond donors (Lipinski definition) is 0. The molecule has 6 aromatic rings. The summed E-state index contributed by atoms with van der Waals surface area (Å²) < 4.78 is 15.6. The van der Waals surface area contributed by atoms with Gasteiger partial charge in [-0.15, -0.1) is 0 Å². The summed E-state index contributed by atoms with van der Waals surface area (Å²) in [7, 11) is -0.452. The minimum Gasteiger partial charge on any atom is -0.399 e. The summed E-state index contributed by atoms with van der Waals surface area (Å²) in [5.41, 5.74) is 11.6. The van der Waals surface area contributed by atoms with E-state index in [1.807, 2.05) is 0 Å². The Labute approximate surface area is 254 Å². The molecule has 4 heteroatoms. The zero-order valence-electron chi connectivity index (χ0n) is 25.7. The molecule has 0 spiro atoms. The van der Waals surface area contributed by atoms with Gasteiger partial charge in [0.15, 0.2) is 0 Å². The molecule has 43 heavy (non-hydrogen) atoms. The second kappa shape index (κ2) is 8.95. The number of hydrogen-bond acceptors (Lipinski definition) is 2. The molecule has 1 saturated heterocycles. The van der Waals surface area contributed by atoms with Crippen LogP contribution in [0.2, 0.25) is 0 Å². The van der Waals surface area contributed by atoms with Gasteiger partial charge in [-0.2, -0.15) is 0 Å². The first-order valence-corrected chi connectivity index (χ1v) is 15.3. The fraction of sp³-hybridized carbons (Fsp3) is 0.231. The largest absolute Gasteiger partial charge is 0.495 e. The van der Waals surface area contributed by atoms with Crippen LogP contribution in [0.3, 0.4) is 0 Å². The van der Waals surface area contributed by atoms with Gasteiger partial charge in [-0.1, -0.05) is 86.6 Å². The molecule has 0 atom stereocenters. The molecule has 2 aliphatic rings. The van der Waals surface area contributed by atoms with Crippen molar-refractivity contribution in [1.29, 1.82) is 0 Å². The molecule has 0 unspecified atom stereocenters. The van der Waals surface area contributed by atoms with Gasteiger partial charge < -0.3 is 13.9 Å². The molecule has 1 aliphatic heterocycles. The molecule has 1 aliphatic carbocycles. The van der Waals surface area contributed by atoms with Gasteiger partial charge in [0, 0.05) is 21.9 Å². The average molecular weight is 562 g/mol. The fourth-order valence-electron chi connectivity index (χ4n) is 7.18. The monoisotopic (exact) mass is 561 g/mol. The van der Waals surface area contributed by atoms with Gasteiger partial charge in [-0.05, 0) is 103 Å². The molecule has 2 heterocycles. The molecule has 5 aromatic carbocycles. The number of rotatable bonds is 3. The van der Waals surface area contributed by atoms with E-state index < -0.39 is 18.3 Å². The van der Waals surface area contributed by atoms with E-state index >= 15 is 0 Å². The summed E-state index contributed by atoms with van der Waals surface area (Å²) >= 11 is 0. The second-order valence-corrected chi connectivity index (χ2v) is 13.7. The minimum absolute atomic E-state index is 0.0424. The summed E-state index contributed by atoms with van der Waals surface area (Å²) in [5.74, 6) is 0. The van der Waals surface area contributed by atoms with Crippen molar-refractivity contribution in [2.45, 2.75) is 58.2 Å².